The molecule has 0 aliphatic carbocycles. The van der Waals surface area contributed by atoms with Crippen molar-refractivity contribution >= 4 is 17.5 Å². The molecule has 0 saturated heterocycles. The molecule has 25 heavy (non-hydrogen) atoms. The number of aromatic nitrogens is 2. The first-order chi connectivity index (χ1) is 12.0. The summed E-state index contributed by atoms with van der Waals surface area (Å²) >= 11 is 0. The van der Waals surface area contributed by atoms with E-state index in [-0.39, 0.29) is 5.91 Å². The molecule has 0 spiro atoms. The van der Waals surface area contributed by atoms with E-state index in [1.807, 2.05) is 45.3 Å². The Kier molecular flexibility index (Phi) is 6.71. The molecule has 134 valence electrons. The summed E-state index contributed by atoms with van der Waals surface area (Å²) < 4.78 is 5.20. The van der Waals surface area contributed by atoms with Crippen LogP contribution in [-0.2, 0) is 0 Å². The predicted molar refractivity (Wildman–Crippen MR) is 98.5 cm³/mol. The molecule has 0 aliphatic rings. The van der Waals surface area contributed by atoms with Crippen LogP contribution in [0, 0.1) is 6.92 Å². The summed E-state index contributed by atoms with van der Waals surface area (Å²) in [5, 5.41) is 6.00. The number of amides is 1. The summed E-state index contributed by atoms with van der Waals surface area (Å²) in [7, 11) is 5.62. The molecule has 1 amide bonds. The quantitative estimate of drug-likeness (QED) is 0.716. The van der Waals surface area contributed by atoms with Gasteiger partial charge in [0.25, 0.3) is 5.91 Å². The number of benzene rings is 1. The van der Waals surface area contributed by atoms with E-state index in [0.29, 0.717) is 18.2 Å². The van der Waals surface area contributed by atoms with Crippen molar-refractivity contribution in [3.8, 4) is 5.75 Å². The van der Waals surface area contributed by atoms with Crippen LogP contribution in [0.4, 0.5) is 11.6 Å². The Bertz CT molecular complexity index is 718. The van der Waals surface area contributed by atoms with Crippen LogP contribution < -0.4 is 15.4 Å². The zero-order chi connectivity index (χ0) is 18.2. The van der Waals surface area contributed by atoms with Crippen molar-refractivity contribution in [3.63, 3.8) is 0 Å². The van der Waals surface area contributed by atoms with E-state index in [4.69, 9.17) is 4.74 Å². The van der Waals surface area contributed by atoms with Gasteiger partial charge in [0.2, 0.25) is 5.95 Å². The highest BCUT2D eigenvalue weighted by molar-refractivity contribution is 5.92. The van der Waals surface area contributed by atoms with Gasteiger partial charge in [-0.25, -0.2) is 9.97 Å². The maximum atomic E-state index is 12.3. The Balaban J connectivity index is 2.04. The third-order valence-electron chi connectivity index (χ3n) is 3.48. The molecule has 2 N–H and O–H groups in total. The molecule has 0 bridgehead atoms. The smallest absolute Gasteiger partial charge is 0.270 e. The van der Waals surface area contributed by atoms with Crippen LogP contribution in [0.3, 0.4) is 0 Å². The molecule has 1 heterocycles. The molecule has 0 radical (unpaired) electrons. The zero-order valence-electron chi connectivity index (χ0n) is 15.2. The Morgan fingerprint density at radius 2 is 2.04 bits per heavy atom. The molecule has 0 fully saturated rings. The minimum absolute atomic E-state index is 0.196. The number of hydrogen-bond donors (Lipinski definition) is 2. The van der Waals surface area contributed by atoms with E-state index in [2.05, 4.69) is 25.5 Å². The topological polar surface area (TPSA) is 79.4 Å². The van der Waals surface area contributed by atoms with Gasteiger partial charge in [0.05, 0.1) is 7.11 Å². The normalized spacial score (nSPS) is 10.6. The highest BCUT2D eigenvalue weighted by Gasteiger charge is 2.10. The average Bonchev–Trinajstić information content (AvgIpc) is 2.58. The number of nitrogens with one attached hydrogen (secondary N) is 2. The summed E-state index contributed by atoms with van der Waals surface area (Å²) in [6.07, 6.45) is 0.887. The zero-order valence-corrected chi connectivity index (χ0v) is 15.2. The largest absolute Gasteiger partial charge is 0.497 e. The first kappa shape index (κ1) is 18.7. The van der Waals surface area contributed by atoms with Crippen LogP contribution in [0.1, 0.15) is 22.6 Å². The predicted octanol–water partition coefficient (Wildman–Crippen LogP) is 2.22. The summed E-state index contributed by atoms with van der Waals surface area (Å²) in [5.74, 6) is 0.918. The number of ether oxygens (including phenoxy) is 1. The number of nitrogens with zero attached hydrogens (tertiary/aromatic N) is 3. The number of carbonyl (C=O) groups excluding carboxylic acids is 1. The molecule has 0 aliphatic heterocycles. The van der Waals surface area contributed by atoms with Gasteiger partial charge in [-0.1, -0.05) is 6.07 Å². The number of rotatable bonds is 8. The second-order valence-electron chi connectivity index (χ2n) is 5.99. The molecule has 0 atom stereocenters. The van der Waals surface area contributed by atoms with Gasteiger partial charge in [-0.2, -0.15) is 0 Å². The Morgan fingerprint density at radius 3 is 2.76 bits per heavy atom. The lowest BCUT2D eigenvalue weighted by Crippen LogP contribution is -2.28. The van der Waals surface area contributed by atoms with Crippen molar-refractivity contribution in [2.75, 3.05) is 39.6 Å². The van der Waals surface area contributed by atoms with E-state index >= 15 is 0 Å². The number of hydrogen-bond acceptors (Lipinski definition) is 6. The molecule has 0 unspecified atom stereocenters. The van der Waals surface area contributed by atoms with Crippen molar-refractivity contribution in [1.29, 1.82) is 0 Å². The van der Waals surface area contributed by atoms with Crippen molar-refractivity contribution in [3.05, 3.63) is 41.7 Å². The van der Waals surface area contributed by atoms with Crippen LogP contribution in [0.2, 0.25) is 0 Å². The first-order valence-electron chi connectivity index (χ1n) is 8.17. The van der Waals surface area contributed by atoms with Gasteiger partial charge in [0.1, 0.15) is 11.4 Å². The molecule has 7 heteroatoms. The SMILES string of the molecule is COc1cccc(Nc2nc(C)cc(C(=O)NCCCN(C)C)n2)c1. The second kappa shape index (κ2) is 8.98. The number of methoxy groups -OCH3 is 1. The van der Waals surface area contributed by atoms with Gasteiger partial charge in [0, 0.05) is 24.0 Å². The average molecular weight is 343 g/mol. The second-order valence-corrected chi connectivity index (χ2v) is 5.99. The minimum atomic E-state index is -0.196. The summed E-state index contributed by atoms with van der Waals surface area (Å²) in [6, 6.07) is 9.13. The standard InChI is InChI=1S/C18H25N5O2/c1-13-11-16(17(24)19-9-6-10-23(2)3)22-18(20-13)21-14-7-5-8-15(12-14)25-4/h5,7-8,11-12H,6,9-10H2,1-4H3,(H,19,24)(H,20,21,22). The van der Waals surface area contributed by atoms with Crippen LogP contribution in [0.15, 0.2) is 30.3 Å². The molecule has 2 rings (SSSR count). The fourth-order valence-electron chi connectivity index (χ4n) is 2.26. The van der Waals surface area contributed by atoms with E-state index in [1.54, 1.807) is 13.2 Å². The van der Waals surface area contributed by atoms with Crippen molar-refractivity contribution in [1.82, 2.24) is 20.2 Å². The molecule has 7 nitrogen and oxygen atoms in total. The summed E-state index contributed by atoms with van der Waals surface area (Å²) in [6.45, 7) is 3.37. The number of aryl methyl sites for hydroxylation is 1. The van der Waals surface area contributed by atoms with E-state index in [9.17, 15) is 4.79 Å². The van der Waals surface area contributed by atoms with Gasteiger partial charge in [-0.3, -0.25) is 4.79 Å². The molecule has 0 saturated carbocycles. The van der Waals surface area contributed by atoms with Crippen LogP contribution in [-0.4, -0.2) is 55.1 Å². The Hall–Kier alpha value is -2.67. The maximum Gasteiger partial charge on any atom is 0.270 e. The highest BCUT2D eigenvalue weighted by atomic mass is 16.5. The van der Waals surface area contributed by atoms with Crippen molar-refractivity contribution in [2.45, 2.75) is 13.3 Å². The fraction of sp³-hybridized carbons (Fsp3) is 0.389. The lowest BCUT2D eigenvalue weighted by atomic mass is 10.3. The fourth-order valence-corrected chi connectivity index (χ4v) is 2.26. The molecule has 1 aromatic carbocycles. The monoisotopic (exact) mass is 343 g/mol. The Labute approximate surface area is 148 Å². The van der Waals surface area contributed by atoms with Crippen LogP contribution in [0.5, 0.6) is 5.75 Å². The lowest BCUT2D eigenvalue weighted by Gasteiger charge is -2.11. The molecule has 2 aromatic rings. The highest BCUT2D eigenvalue weighted by Crippen LogP contribution is 2.19. The van der Waals surface area contributed by atoms with Gasteiger partial charge in [0.15, 0.2) is 0 Å². The van der Waals surface area contributed by atoms with Crippen molar-refractivity contribution < 1.29 is 9.53 Å². The van der Waals surface area contributed by atoms with E-state index < -0.39 is 0 Å². The van der Waals surface area contributed by atoms with Gasteiger partial charge in [-0.05, 0) is 52.2 Å². The maximum absolute atomic E-state index is 12.3. The van der Waals surface area contributed by atoms with Crippen LogP contribution >= 0.6 is 0 Å². The van der Waals surface area contributed by atoms with E-state index in [0.717, 1.165) is 30.1 Å². The lowest BCUT2D eigenvalue weighted by molar-refractivity contribution is 0.0947. The number of anilines is 2. The van der Waals surface area contributed by atoms with Crippen LogP contribution in [0.25, 0.3) is 0 Å². The minimum Gasteiger partial charge on any atom is -0.497 e. The van der Waals surface area contributed by atoms with Crippen molar-refractivity contribution in [2.24, 2.45) is 0 Å². The van der Waals surface area contributed by atoms with Gasteiger partial charge < -0.3 is 20.3 Å². The Morgan fingerprint density at radius 1 is 1.24 bits per heavy atom. The third kappa shape index (κ3) is 6.04. The van der Waals surface area contributed by atoms with Gasteiger partial charge in [-0.15, -0.1) is 0 Å². The summed E-state index contributed by atoms with van der Waals surface area (Å²) in [5.41, 5.74) is 1.86. The first-order valence-corrected chi connectivity index (χ1v) is 8.17. The molecular weight excluding hydrogens is 318 g/mol. The summed E-state index contributed by atoms with van der Waals surface area (Å²) in [4.78, 5) is 23.0. The third-order valence-corrected chi connectivity index (χ3v) is 3.48. The van der Waals surface area contributed by atoms with Gasteiger partial charge >= 0.3 is 0 Å². The van der Waals surface area contributed by atoms with E-state index in [1.165, 1.54) is 0 Å². The molecule has 1 aromatic heterocycles. The number of carbonyl (C=O) groups is 1. The molecular formula is C18H25N5O2.